The molecule has 2 aliphatic rings. The largest absolute Gasteiger partial charge is 0.497 e. The number of ether oxygens (including phenoxy) is 2. The summed E-state index contributed by atoms with van der Waals surface area (Å²) in [6.07, 6.45) is 1.98. The summed E-state index contributed by atoms with van der Waals surface area (Å²) in [4.78, 5) is 7.63. The minimum atomic E-state index is 0.0120. The molecule has 0 radical (unpaired) electrons. The van der Waals surface area contributed by atoms with Crippen molar-refractivity contribution in [2.24, 2.45) is 10.9 Å². The molecule has 0 aliphatic carbocycles. The second kappa shape index (κ2) is 10.5. The summed E-state index contributed by atoms with van der Waals surface area (Å²) in [5.41, 5.74) is 1.34. The molecule has 2 fully saturated rings. The van der Waals surface area contributed by atoms with Crippen LogP contribution in [-0.4, -0.2) is 69.4 Å². The fraction of sp³-hybridized carbons (Fsp3) is 0.708. The van der Waals surface area contributed by atoms with Crippen molar-refractivity contribution in [2.45, 2.75) is 58.0 Å². The van der Waals surface area contributed by atoms with Crippen LogP contribution in [0.15, 0.2) is 29.3 Å². The van der Waals surface area contributed by atoms with Crippen molar-refractivity contribution >= 4 is 5.96 Å². The Morgan fingerprint density at radius 2 is 1.93 bits per heavy atom. The Balaban J connectivity index is 1.76. The topological polar surface area (TPSA) is 58.1 Å². The van der Waals surface area contributed by atoms with Gasteiger partial charge in [0.1, 0.15) is 5.75 Å². The first-order valence-corrected chi connectivity index (χ1v) is 11.5. The number of hydrogen-bond donors (Lipinski definition) is 2. The van der Waals surface area contributed by atoms with Crippen LogP contribution in [0.2, 0.25) is 0 Å². The van der Waals surface area contributed by atoms with Gasteiger partial charge in [0.25, 0.3) is 0 Å². The molecule has 6 heteroatoms. The molecular weight excluding hydrogens is 376 g/mol. The van der Waals surface area contributed by atoms with Crippen LogP contribution in [0.25, 0.3) is 0 Å². The van der Waals surface area contributed by atoms with Crippen molar-refractivity contribution < 1.29 is 9.47 Å². The second-order valence-electron chi connectivity index (χ2n) is 9.09. The predicted molar refractivity (Wildman–Crippen MR) is 124 cm³/mol. The highest BCUT2D eigenvalue weighted by Crippen LogP contribution is 2.36. The molecule has 168 valence electrons. The highest BCUT2D eigenvalue weighted by Gasteiger charge is 2.35. The summed E-state index contributed by atoms with van der Waals surface area (Å²) in [6, 6.07) is 9.51. The zero-order chi connectivity index (χ0) is 21.6. The fourth-order valence-electron chi connectivity index (χ4n) is 4.58. The Hall–Kier alpha value is -1.79. The van der Waals surface area contributed by atoms with E-state index < -0.39 is 0 Å². The van der Waals surface area contributed by atoms with Gasteiger partial charge < -0.3 is 20.1 Å². The van der Waals surface area contributed by atoms with E-state index in [-0.39, 0.29) is 5.41 Å². The first kappa shape index (κ1) is 22.9. The third kappa shape index (κ3) is 5.46. The average molecular weight is 417 g/mol. The van der Waals surface area contributed by atoms with Crippen LogP contribution in [0.1, 0.15) is 46.1 Å². The lowest BCUT2D eigenvalue weighted by atomic mass is 9.74. The zero-order valence-corrected chi connectivity index (χ0v) is 19.4. The van der Waals surface area contributed by atoms with Gasteiger partial charge in [-0.05, 0) is 57.2 Å². The van der Waals surface area contributed by atoms with E-state index in [0.29, 0.717) is 18.0 Å². The van der Waals surface area contributed by atoms with Crippen molar-refractivity contribution in [2.75, 3.05) is 46.5 Å². The van der Waals surface area contributed by atoms with E-state index in [9.17, 15) is 0 Å². The van der Waals surface area contributed by atoms with E-state index in [2.05, 4.69) is 67.5 Å². The molecule has 0 spiro atoms. The molecule has 1 aromatic rings. The van der Waals surface area contributed by atoms with Gasteiger partial charge in [0.05, 0.1) is 13.7 Å². The van der Waals surface area contributed by atoms with Gasteiger partial charge in [-0.2, -0.15) is 0 Å². The number of guanidine groups is 1. The van der Waals surface area contributed by atoms with Crippen LogP contribution >= 0.6 is 0 Å². The van der Waals surface area contributed by atoms with Gasteiger partial charge in [-0.25, -0.2) is 0 Å². The van der Waals surface area contributed by atoms with Gasteiger partial charge in [-0.15, -0.1) is 0 Å². The highest BCUT2D eigenvalue weighted by molar-refractivity contribution is 5.80. The Kier molecular flexibility index (Phi) is 8.00. The quantitative estimate of drug-likeness (QED) is 0.529. The molecule has 2 N–H and O–H groups in total. The molecule has 6 nitrogen and oxygen atoms in total. The van der Waals surface area contributed by atoms with Crippen molar-refractivity contribution in [3.8, 4) is 5.75 Å². The van der Waals surface area contributed by atoms with Gasteiger partial charge >= 0.3 is 0 Å². The first-order valence-electron chi connectivity index (χ1n) is 11.5. The summed E-state index contributed by atoms with van der Waals surface area (Å²) in [6.45, 7) is 14.4. The summed E-state index contributed by atoms with van der Waals surface area (Å²) < 4.78 is 11.0. The Bertz CT molecular complexity index is 683. The van der Waals surface area contributed by atoms with Gasteiger partial charge in [0, 0.05) is 50.3 Å². The minimum Gasteiger partial charge on any atom is -0.497 e. The van der Waals surface area contributed by atoms with Crippen molar-refractivity contribution in [3.63, 3.8) is 0 Å². The maximum absolute atomic E-state index is 5.69. The van der Waals surface area contributed by atoms with Crippen molar-refractivity contribution in [3.05, 3.63) is 29.8 Å². The molecule has 0 bridgehead atoms. The van der Waals surface area contributed by atoms with Crippen molar-refractivity contribution in [1.82, 2.24) is 15.5 Å². The number of aliphatic imine (C=N–C) groups is 1. The lowest BCUT2D eigenvalue weighted by molar-refractivity contribution is 0.0531. The highest BCUT2D eigenvalue weighted by atomic mass is 16.5. The van der Waals surface area contributed by atoms with E-state index in [1.165, 1.54) is 5.56 Å². The third-order valence-electron chi connectivity index (χ3n) is 6.73. The fourth-order valence-corrected chi connectivity index (χ4v) is 4.58. The molecule has 0 aromatic heterocycles. The summed E-state index contributed by atoms with van der Waals surface area (Å²) in [5.74, 6) is 2.43. The summed E-state index contributed by atoms with van der Waals surface area (Å²) >= 11 is 0. The van der Waals surface area contributed by atoms with Gasteiger partial charge in [0.2, 0.25) is 0 Å². The Morgan fingerprint density at radius 1 is 1.23 bits per heavy atom. The van der Waals surface area contributed by atoms with Gasteiger partial charge in [-0.3, -0.25) is 9.89 Å². The number of methoxy groups -OCH3 is 1. The molecular formula is C24H40N4O2. The number of benzene rings is 1. The van der Waals surface area contributed by atoms with Crippen LogP contribution in [-0.2, 0) is 10.2 Å². The molecule has 2 saturated heterocycles. The maximum atomic E-state index is 5.69. The van der Waals surface area contributed by atoms with Crippen LogP contribution in [0, 0.1) is 5.92 Å². The molecule has 0 amide bonds. The molecule has 0 saturated carbocycles. The molecule has 3 rings (SSSR count). The van der Waals surface area contributed by atoms with Gasteiger partial charge in [0.15, 0.2) is 5.96 Å². The molecule has 2 heterocycles. The second-order valence-corrected chi connectivity index (χ2v) is 9.09. The molecule has 2 unspecified atom stereocenters. The molecule has 2 aliphatic heterocycles. The van der Waals surface area contributed by atoms with Crippen LogP contribution in [0.5, 0.6) is 5.75 Å². The number of rotatable bonds is 7. The number of nitrogens with zero attached hydrogens (tertiary/aromatic N) is 2. The molecule has 2 atom stereocenters. The third-order valence-corrected chi connectivity index (χ3v) is 6.73. The summed E-state index contributed by atoms with van der Waals surface area (Å²) in [5, 5.41) is 7.19. The zero-order valence-electron chi connectivity index (χ0n) is 19.4. The van der Waals surface area contributed by atoms with E-state index in [1.54, 1.807) is 7.11 Å². The van der Waals surface area contributed by atoms with E-state index in [4.69, 9.17) is 14.5 Å². The monoisotopic (exact) mass is 416 g/mol. The SMILES string of the molecule is CCNC(=NCC1(c2ccc(OC)cc2)CCOCC1)NC1CN(C(C)C)CC1C. The van der Waals surface area contributed by atoms with Gasteiger partial charge in [-0.1, -0.05) is 19.1 Å². The van der Waals surface area contributed by atoms with Crippen LogP contribution < -0.4 is 15.4 Å². The summed E-state index contributed by atoms with van der Waals surface area (Å²) in [7, 11) is 1.71. The smallest absolute Gasteiger partial charge is 0.191 e. The Morgan fingerprint density at radius 3 is 2.50 bits per heavy atom. The first-order chi connectivity index (χ1) is 14.5. The van der Waals surface area contributed by atoms with Crippen LogP contribution in [0.3, 0.4) is 0 Å². The Labute approximate surface area is 182 Å². The maximum Gasteiger partial charge on any atom is 0.191 e. The number of nitrogens with one attached hydrogen (secondary N) is 2. The van der Waals surface area contributed by atoms with Crippen LogP contribution in [0.4, 0.5) is 0 Å². The number of likely N-dealkylation sites (tertiary alicyclic amines) is 1. The lowest BCUT2D eigenvalue weighted by Gasteiger charge is -2.37. The van der Waals surface area contributed by atoms with E-state index in [0.717, 1.165) is 63.9 Å². The normalized spacial score (nSPS) is 24.8. The predicted octanol–water partition coefficient (Wildman–Crippen LogP) is 3.03. The minimum absolute atomic E-state index is 0.0120. The van der Waals surface area contributed by atoms with E-state index in [1.807, 2.05) is 0 Å². The number of hydrogen-bond acceptors (Lipinski definition) is 4. The molecule has 1 aromatic carbocycles. The van der Waals surface area contributed by atoms with E-state index >= 15 is 0 Å². The lowest BCUT2D eigenvalue weighted by Crippen LogP contribution is -2.47. The average Bonchev–Trinajstić information content (AvgIpc) is 3.13. The van der Waals surface area contributed by atoms with Crippen molar-refractivity contribution in [1.29, 1.82) is 0 Å². The molecule has 30 heavy (non-hydrogen) atoms. The standard InChI is InChI=1S/C24H40N4O2/c1-6-25-23(27-22-16-28(18(2)3)15-19(22)4)26-17-24(11-13-30-14-12-24)20-7-9-21(29-5)10-8-20/h7-10,18-19,22H,6,11-17H2,1-5H3,(H2,25,26,27).